The minimum Gasteiger partial charge on any atom is -0.480 e. The maximum Gasteiger partial charge on any atom is 0.326 e. The third-order valence-corrected chi connectivity index (χ3v) is 2.59. The number of primary amides is 1. The Bertz CT molecular complexity index is 490. The Morgan fingerprint density at radius 3 is 2.56 bits per heavy atom. The van der Waals surface area contributed by atoms with Crippen molar-refractivity contribution in [1.82, 2.24) is 5.32 Å². The van der Waals surface area contributed by atoms with E-state index in [1.807, 2.05) is 0 Å². The molecule has 0 aliphatic heterocycles. The number of nitrogens with two attached hydrogens (primary N) is 1. The van der Waals surface area contributed by atoms with Crippen molar-refractivity contribution in [2.75, 3.05) is 0 Å². The van der Waals surface area contributed by atoms with Gasteiger partial charge in [0.25, 0.3) is 5.91 Å². The number of rotatable bonds is 5. The lowest BCUT2D eigenvalue weighted by molar-refractivity contribution is -0.140. The zero-order valence-electron chi connectivity index (χ0n) is 9.22. The number of halogens is 1. The Hall–Kier alpha value is -1.89. The lowest BCUT2D eigenvalue weighted by Crippen LogP contribution is -2.43. The molecule has 0 bridgehead atoms. The van der Waals surface area contributed by atoms with Crippen LogP contribution in [0.4, 0.5) is 0 Å². The van der Waals surface area contributed by atoms with Crippen molar-refractivity contribution in [2.24, 2.45) is 5.73 Å². The third-order valence-electron chi connectivity index (χ3n) is 2.10. The van der Waals surface area contributed by atoms with E-state index in [1.54, 1.807) is 18.2 Å². The molecule has 1 rings (SSSR count). The second-order valence-corrected chi connectivity index (χ2v) is 4.46. The first-order chi connectivity index (χ1) is 8.40. The lowest BCUT2D eigenvalue weighted by atomic mass is 10.1. The molecule has 7 heteroatoms. The molecular formula is C11H11BrN2O4. The van der Waals surface area contributed by atoms with Crippen LogP contribution in [0.15, 0.2) is 28.7 Å². The van der Waals surface area contributed by atoms with Crippen LogP contribution in [0.25, 0.3) is 0 Å². The van der Waals surface area contributed by atoms with Crippen LogP contribution in [-0.2, 0) is 9.59 Å². The van der Waals surface area contributed by atoms with Crippen molar-refractivity contribution in [3.63, 3.8) is 0 Å². The van der Waals surface area contributed by atoms with Crippen LogP contribution >= 0.6 is 15.9 Å². The molecule has 96 valence electrons. The fourth-order valence-corrected chi connectivity index (χ4v) is 1.67. The Morgan fingerprint density at radius 1 is 1.39 bits per heavy atom. The molecule has 0 radical (unpaired) electrons. The van der Waals surface area contributed by atoms with Gasteiger partial charge in [-0.05, 0) is 18.2 Å². The van der Waals surface area contributed by atoms with Gasteiger partial charge in [-0.3, -0.25) is 9.59 Å². The van der Waals surface area contributed by atoms with Gasteiger partial charge in [0.05, 0.1) is 6.42 Å². The van der Waals surface area contributed by atoms with Gasteiger partial charge in [-0.15, -0.1) is 0 Å². The number of amides is 2. The summed E-state index contributed by atoms with van der Waals surface area (Å²) in [6, 6.07) is 5.12. The number of carboxylic acids is 1. The van der Waals surface area contributed by atoms with E-state index in [0.29, 0.717) is 10.0 Å². The molecule has 0 aliphatic carbocycles. The van der Waals surface area contributed by atoms with E-state index in [4.69, 9.17) is 10.8 Å². The molecule has 2 amide bonds. The smallest absolute Gasteiger partial charge is 0.326 e. The lowest BCUT2D eigenvalue weighted by Gasteiger charge is -2.12. The van der Waals surface area contributed by atoms with Crippen molar-refractivity contribution in [1.29, 1.82) is 0 Å². The highest BCUT2D eigenvalue weighted by Crippen LogP contribution is 2.11. The maximum atomic E-state index is 11.7. The number of carbonyl (C=O) groups excluding carboxylic acids is 2. The van der Waals surface area contributed by atoms with Crippen molar-refractivity contribution < 1.29 is 19.5 Å². The van der Waals surface area contributed by atoms with E-state index in [0.717, 1.165) is 0 Å². The van der Waals surface area contributed by atoms with Gasteiger partial charge in [-0.1, -0.05) is 22.0 Å². The van der Waals surface area contributed by atoms with Gasteiger partial charge in [0, 0.05) is 10.0 Å². The van der Waals surface area contributed by atoms with Crippen LogP contribution in [0.1, 0.15) is 16.8 Å². The summed E-state index contributed by atoms with van der Waals surface area (Å²) in [5, 5.41) is 11.1. The fourth-order valence-electron chi connectivity index (χ4n) is 1.27. The van der Waals surface area contributed by atoms with Crippen LogP contribution in [0, 0.1) is 0 Å². The average molecular weight is 315 g/mol. The number of benzene rings is 1. The largest absolute Gasteiger partial charge is 0.480 e. The first kappa shape index (κ1) is 14.2. The van der Waals surface area contributed by atoms with Crippen LogP contribution < -0.4 is 11.1 Å². The summed E-state index contributed by atoms with van der Waals surface area (Å²) in [5.41, 5.74) is 5.20. The molecule has 0 aliphatic rings. The van der Waals surface area contributed by atoms with Crippen LogP contribution in [0.5, 0.6) is 0 Å². The average Bonchev–Trinajstić information content (AvgIpc) is 2.27. The van der Waals surface area contributed by atoms with Crippen LogP contribution in [0.3, 0.4) is 0 Å². The molecule has 1 atom stereocenters. The highest BCUT2D eigenvalue weighted by molar-refractivity contribution is 9.10. The van der Waals surface area contributed by atoms with Crippen molar-refractivity contribution in [3.05, 3.63) is 34.3 Å². The monoisotopic (exact) mass is 314 g/mol. The summed E-state index contributed by atoms with van der Waals surface area (Å²) in [6.45, 7) is 0. The van der Waals surface area contributed by atoms with E-state index in [-0.39, 0.29) is 0 Å². The van der Waals surface area contributed by atoms with Gasteiger partial charge in [0.2, 0.25) is 5.91 Å². The molecule has 0 saturated carbocycles. The summed E-state index contributed by atoms with van der Waals surface area (Å²) >= 11 is 3.20. The van der Waals surface area contributed by atoms with Gasteiger partial charge in [-0.2, -0.15) is 0 Å². The number of hydrogen-bond donors (Lipinski definition) is 3. The maximum absolute atomic E-state index is 11.7. The molecule has 1 aromatic rings. The van der Waals surface area contributed by atoms with Crippen LogP contribution in [0.2, 0.25) is 0 Å². The zero-order valence-corrected chi connectivity index (χ0v) is 10.8. The number of hydrogen-bond acceptors (Lipinski definition) is 3. The minimum atomic E-state index is -1.33. The number of carboxylic acid groups (broad SMARTS) is 1. The summed E-state index contributed by atoms with van der Waals surface area (Å²) < 4.78 is 0.692. The molecule has 0 spiro atoms. The Kier molecular flexibility index (Phi) is 4.85. The standard InChI is InChI=1S/C11H11BrN2O4/c12-7-3-1-2-6(4-7)10(16)14-8(11(17)18)5-9(13)15/h1-4,8H,5H2,(H2,13,15)(H,14,16)(H,17,18). The SMILES string of the molecule is NC(=O)CC(NC(=O)c1cccc(Br)c1)C(=O)O. The summed E-state index contributed by atoms with van der Waals surface area (Å²) in [4.78, 5) is 33.3. The molecule has 4 N–H and O–H groups in total. The van der Waals surface area contributed by atoms with Gasteiger partial charge in [0.15, 0.2) is 0 Å². The summed E-state index contributed by atoms with van der Waals surface area (Å²) in [6.07, 6.45) is -0.449. The first-order valence-electron chi connectivity index (χ1n) is 4.97. The van der Waals surface area contributed by atoms with Crippen molar-refractivity contribution >= 4 is 33.7 Å². The highest BCUT2D eigenvalue weighted by atomic mass is 79.9. The van der Waals surface area contributed by atoms with Crippen LogP contribution in [-0.4, -0.2) is 28.9 Å². The van der Waals surface area contributed by atoms with E-state index >= 15 is 0 Å². The summed E-state index contributed by atoms with van der Waals surface area (Å²) in [7, 11) is 0. The van der Waals surface area contributed by atoms with E-state index in [1.165, 1.54) is 6.07 Å². The Morgan fingerprint density at radius 2 is 2.06 bits per heavy atom. The molecular weight excluding hydrogens is 304 g/mol. The second-order valence-electron chi connectivity index (χ2n) is 3.55. The van der Waals surface area contributed by atoms with Crippen molar-refractivity contribution in [2.45, 2.75) is 12.5 Å². The zero-order chi connectivity index (χ0) is 13.7. The topological polar surface area (TPSA) is 109 Å². The molecule has 1 unspecified atom stereocenters. The van der Waals surface area contributed by atoms with E-state index in [9.17, 15) is 14.4 Å². The fraction of sp³-hybridized carbons (Fsp3) is 0.182. The number of nitrogens with one attached hydrogen (secondary N) is 1. The van der Waals surface area contributed by atoms with E-state index in [2.05, 4.69) is 21.2 Å². The van der Waals surface area contributed by atoms with E-state index < -0.39 is 30.2 Å². The predicted octanol–water partition coefficient (Wildman–Crippen LogP) is 0.507. The molecule has 0 saturated heterocycles. The predicted molar refractivity (Wildman–Crippen MR) is 66.8 cm³/mol. The molecule has 6 nitrogen and oxygen atoms in total. The van der Waals surface area contributed by atoms with Gasteiger partial charge in [0.1, 0.15) is 6.04 Å². The Labute approximate surface area is 111 Å². The first-order valence-corrected chi connectivity index (χ1v) is 5.77. The molecule has 0 aromatic heterocycles. The van der Waals surface area contributed by atoms with Gasteiger partial charge < -0.3 is 16.2 Å². The number of carbonyl (C=O) groups is 3. The minimum absolute atomic E-state index is 0.292. The van der Waals surface area contributed by atoms with Crippen molar-refractivity contribution in [3.8, 4) is 0 Å². The molecule has 18 heavy (non-hydrogen) atoms. The molecule has 0 heterocycles. The Balaban J connectivity index is 2.78. The normalized spacial score (nSPS) is 11.6. The van der Waals surface area contributed by atoms with Gasteiger partial charge in [-0.25, -0.2) is 4.79 Å². The third kappa shape index (κ3) is 4.17. The quantitative estimate of drug-likeness (QED) is 0.735. The summed E-state index contributed by atoms with van der Waals surface area (Å²) in [5.74, 6) is -2.68. The van der Waals surface area contributed by atoms with Gasteiger partial charge >= 0.3 is 5.97 Å². The second kappa shape index (κ2) is 6.15. The molecule has 1 aromatic carbocycles. The number of aliphatic carboxylic acids is 1. The molecule has 0 fully saturated rings. The highest BCUT2D eigenvalue weighted by Gasteiger charge is 2.22.